The molecule has 2 aliphatic heterocycles. The third-order valence-corrected chi connectivity index (χ3v) is 7.34. The van der Waals surface area contributed by atoms with Crippen LogP contribution in [0.3, 0.4) is 0 Å². The third kappa shape index (κ3) is 7.99. The van der Waals surface area contributed by atoms with Crippen LogP contribution in [0.5, 0.6) is 0 Å². The minimum Gasteiger partial charge on any atom is -0.395 e. The molecule has 0 aromatic heterocycles. The van der Waals surface area contributed by atoms with Crippen LogP contribution in [-0.4, -0.2) is 66.6 Å². The van der Waals surface area contributed by atoms with Gasteiger partial charge in [-0.05, 0) is 67.8 Å². The van der Waals surface area contributed by atoms with Gasteiger partial charge < -0.3 is 14.6 Å². The van der Waals surface area contributed by atoms with E-state index in [1.807, 2.05) is 4.90 Å². The maximum atomic E-state index is 13.7. The van der Waals surface area contributed by atoms with Crippen molar-refractivity contribution in [3.8, 4) is 11.8 Å². The van der Waals surface area contributed by atoms with Crippen molar-refractivity contribution >= 4 is 0 Å². The maximum Gasteiger partial charge on any atom is 0.416 e. The van der Waals surface area contributed by atoms with E-state index in [-0.39, 0.29) is 37.4 Å². The van der Waals surface area contributed by atoms with Gasteiger partial charge in [-0.25, -0.2) is 4.39 Å². The van der Waals surface area contributed by atoms with E-state index < -0.39 is 47.7 Å². The number of hydrogen-bond donors (Lipinski definition) is 1. The summed E-state index contributed by atoms with van der Waals surface area (Å²) in [5.74, 6) is 5.74. The van der Waals surface area contributed by atoms with Crippen molar-refractivity contribution in [1.82, 2.24) is 9.80 Å². The van der Waals surface area contributed by atoms with E-state index in [4.69, 9.17) is 9.47 Å². The first-order valence-electron chi connectivity index (χ1n) is 13.2. The first-order valence-corrected chi connectivity index (χ1v) is 13.2. The minimum atomic E-state index is -4.99. The second-order valence-corrected chi connectivity index (χ2v) is 10.1. The van der Waals surface area contributed by atoms with Crippen LogP contribution in [-0.2, 0) is 21.8 Å². The number of ether oxygens (including phenoxy) is 2. The Kier molecular flexibility index (Phi) is 9.97. The molecule has 224 valence electrons. The van der Waals surface area contributed by atoms with Crippen LogP contribution in [0.15, 0.2) is 42.5 Å². The molecule has 0 bridgehead atoms. The van der Waals surface area contributed by atoms with E-state index in [1.165, 1.54) is 31.2 Å². The first-order chi connectivity index (χ1) is 19.4. The van der Waals surface area contributed by atoms with Crippen LogP contribution in [0.2, 0.25) is 0 Å². The average molecular weight is 589 g/mol. The number of rotatable bonds is 7. The van der Waals surface area contributed by atoms with Crippen molar-refractivity contribution in [2.45, 2.75) is 56.6 Å². The Labute approximate surface area is 233 Å². The predicted molar refractivity (Wildman–Crippen MR) is 136 cm³/mol. The predicted octanol–water partition coefficient (Wildman–Crippen LogP) is 5.80. The molecule has 0 amide bonds. The van der Waals surface area contributed by atoms with Crippen LogP contribution >= 0.6 is 0 Å². The lowest BCUT2D eigenvalue weighted by Crippen LogP contribution is -2.46. The van der Waals surface area contributed by atoms with Gasteiger partial charge in [0.05, 0.1) is 49.6 Å². The van der Waals surface area contributed by atoms with Crippen molar-refractivity contribution in [2.24, 2.45) is 0 Å². The standard InChI is InChI=1S/C29H31F7N2O3/c1-19(21-15-22(28(31,32)33)17-23(16-21)29(34,35)36)41-27-26(20-6-8-24(30)9-7-20)38(13-14-40-27)11-3-2-10-37-12-4-5-25(37)18-39/h6-9,15-17,19,25-27,39H,4-5,10-14,18H2,1H3/t19?,25-,26-,27+/m0/s1. The van der Waals surface area contributed by atoms with Crippen LogP contribution in [0.4, 0.5) is 30.7 Å². The summed E-state index contributed by atoms with van der Waals surface area (Å²) >= 11 is 0. The number of aliphatic hydroxyl groups excluding tert-OH is 1. The fraction of sp³-hybridized carbons (Fsp3) is 0.517. The van der Waals surface area contributed by atoms with Gasteiger partial charge >= 0.3 is 12.4 Å². The van der Waals surface area contributed by atoms with E-state index in [2.05, 4.69) is 16.7 Å². The average Bonchev–Trinajstić information content (AvgIpc) is 3.38. The van der Waals surface area contributed by atoms with Crippen molar-refractivity contribution in [1.29, 1.82) is 0 Å². The smallest absolute Gasteiger partial charge is 0.395 e. The minimum absolute atomic E-state index is 0.0608. The van der Waals surface area contributed by atoms with Gasteiger partial charge in [-0.15, -0.1) is 0 Å². The number of likely N-dealkylation sites (tertiary alicyclic amines) is 1. The second-order valence-electron chi connectivity index (χ2n) is 10.1. The molecule has 2 saturated heterocycles. The van der Waals surface area contributed by atoms with Gasteiger partial charge in [0.15, 0.2) is 6.29 Å². The highest BCUT2D eigenvalue weighted by atomic mass is 19.4. The lowest BCUT2D eigenvalue weighted by molar-refractivity contribution is -0.228. The number of morpholine rings is 1. The summed E-state index contributed by atoms with van der Waals surface area (Å²) in [6.07, 6.45) is -10.4. The third-order valence-electron chi connectivity index (χ3n) is 7.34. The molecule has 2 aliphatic rings. The molecular formula is C29H31F7N2O3. The zero-order valence-corrected chi connectivity index (χ0v) is 22.3. The first kappa shape index (κ1) is 31.3. The summed E-state index contributed by atoms with van der Waals surface area (Å²) in [6.45, 7) is 3.58. The van der Waals surface area contributed by atoms with E-state index in [1.54, 1.807) is 0 Å². The number of hydrogen-bond acceptors (Lipinski definition) is 5. The Hall–Kier alpha value is -2.69. The molecule has 0 aliphatic carbocycles. The van der Waals surface area contributed by atoms with Crippen molar-refractivity contribution in [3.05, 3.63) is 70.5 Å². The van der Waals surface area contributed by atoms with Crippen molar-refractivity contribution in [3.63, 3.8) is 0 Å². The molecule has 0 radical (unpaired) electrons. The number of benzene rings is 2. The summed E-state index contributed by atoms with van der Waals surface area (Å²) in [4.78, 5) is 4.02. The number of aliphatic hydroxyl groups is 1. The molecule has 2 heterocycles. The zero-order chi connectivity index (χ0) is 29.8. The lowest BCUT2D eigenvalue weighted by Gasteiger charge is -2.41. The van der Waals surface area contributed by atoms with Gasteiger partial charge in [0.2, 0.25) is 0 Å². The number of halogens is 7. The Morgan fingerprint density at radius 2 is 1.56 bits per heavy atom. The topological polar surface area (TPSA) is 45.2 Å². The molecule has 41 heavy (non-hydrogen) atoms. The molecule has 4 rings (SSSR count). The molecule has 4 atom stereocenters. The molecular weight excluding hydrogens is 557 g/mol. The maximum absolute atomic E-state index is 13.7. The molecule has 1 N–H and O–H groups in total. The van der Waals surface area contributed by atoms with E-state index >= 15 is 0 Å². The molecule has 2 aromatic rings. The Bertz CT molecular complexity index is 1190. The molecule has 0 spiro atoms. The summed E-state index contributed by atoms with van der Waals surface area (Å²) < 4.78 is 106. The van der Waals surface area contributed by atoms with Gasteiger partial charge in [0.1, 0.15) is 5.82 Å². The van der Waals surface area contributed by atoms with Gasteiger partial charge in [-0.1, -0.05) is 24.0 Å². The van der Waals surface area contributed by atoms with Gasteiger partial charge in [0, 0.05) is 12.6 Å². The Morgan fingerprint density at radius 1 is 0.951 bits per heavy atom. The fourth-order valence-corrected chi connectivity index (χ4v) is 5.13. The van der Waals surface area contributed by atoms with Gasteiger partial charge in [-0.2, -0.15) is 26.3 Å². The Balaban J connectivity index is 1.57. The van der Waals surface area contributed by atoms with Crippen molar-refractivity contribution < 1.29 is 45.3 Å². The highest BCUT2D eigenvalue weighted by Crippen LogP contribution is 2.39. The van der Waals surface area contributed by atoms with Crippen LogP contribution < -0.4 is 0 Å². The summed E-state index contributed by atoms with van der Waals surface area (Å²) in [6, 6.07) is 6.31. The number of nitrogens with zero attached hydrogens (tertiary/aromatic N) is 2. The van der Waals surface area contributed by atoms with Gasteiger partial charge in [-0.3, -0.25) is 9.80 Å². The van der Waals surface area contributed by atoms with E-state index in [0.717, 1.165) is 19.4 Å². The highest BCUT2D eigenvalue weighted by molar-refractivity contribution is 5.35. The molecule has 0 saturated carbocycles. The van der Waals surface area contributed by atoms with Crippen LogP contribution in [0.25, 0.3) is 0 Å². The molecule has 2 fully saturated rings. The number of alkyl halides is 6. The normalized spacial score (nSPS) is 23.3. The molecule has 12 heteroatoms. The quantitative estimate of drug-likeness (QED) is 0.327. The second kappa shape index (κ2) is 13.1. The van der Waals surface area contributed by atoms with Crippen molar-refractivity contribution in [2.75, 3.05) is 39.4 Å². The van der Waals surface area contributed by atoms with Crippen LogP contribution in [0.1, 0.15) is 54.2 Å². The molecule has 5 nitrogen and oxygen atoms in total. The Morgan fingerprint density at radius 3 is 2.15 bits per heavy atom. The monoisotopic (exact) mass is 588 g/mol. The van der Waals surface area contributed by atoms with Gasteiger partial charge in [0.25, 0.3) is 0 Å². The summed E-state index contributed by atoms with van der Waals surface area (Å²) in [7, 11) is 0. The summed E-state index contributed by atoms with van der Waals surface area (Å²) in [5, 5.41) is 9.51. The van der Waals surface area contributed by atoms with E-state index in [0.29, 0.717) is 30.8 Å². The SMILES string of the molecule is CC(O[C@H]1OCCN(CC#CCN2CCC[C@H]2CO)[C@H]1c1ccc(F)cc1)c1cc(C(F)(F)F)cc(C(F)(F)F)c1. The lowest BCUT2D eigenvalue weighted by atomic mass is 10.0. The largest absolute Gasteiger partial charge is 0.416 e. The highest BCUT2D eigenvalue weighted by Gasteiger charge is 2.39. The van der Waals surface area contributed by atoms with Crippen LogP contribution in [0, 0.1) is 17.7 Å². The fourth-order valence-electron chi connectivity index (χ4n) is 5.13. The molecule has 2 aromatic carbocycles. The zero-order valence-electron chi connectivity index (χ0n) is 22.3. The summed E-state index contributed by atoms with van der Waals surface area (Å²) in [5.41, 5.74) is -2.59. The van der Waals surface area contributed by atoms with E-state index in [9.17, 15) is 35.8 Å². The molecule has 1 unspecified atom stereocenters.